The zero-order valence-electron chi connectivity index (χ0n) is 44.8. The Bertz CT molecular complexity index is 1130. The Morgan fingerprint density at radius 2 is 0.657 bits per heavy atom. The van der Waals surface area contributed by atoms with Crippen molar-refractivity contribution in [2.24, 2.45) is 0 Å². The number of aliphatic hydroxyl groups is 3. The van der Waals surface area contributed by atoms with Crippen molar-refractivity contribution in [3.8, 4) is 0 Å². The molecule has 0 aromatic rings. The Balaban J connectivity index is 3.55. The summed E-state index contributed by atoms with van der Waals surface area (Å²) >= 11 is 0. The minimum atomic E-state index is -1.11. The van der Waals surface area contributed by atoms with E-state index in [2.05, 4.69) is 67.8 Å². The number of carbonyl (C=O) groups excluding carboxylic acids is 1. The largest absolute Gasteiger partial charge is 0.394 e. The number of carbonyl (C=O) groups is 1. The average Bonchev–Trinajstić information content (AvgIpc) is 3.33. The summed E-state index contributed by atoms with van der Waals surface area (Å²) in [7, 11) is 0. The van der Waals surface area contributed by atoms with Crippen LogP contribution in [0.4, 0.5) is 0 Å². The number of nitrogens with one attached hydrogen (secondary N) is 1. The lowest BCUT2D eigenvalue weighted by molar-refractivity contribution is -0.131. The number of amides is 1. The van der Waals surface area contributed by atoms with Gasteiger partial charge in [-0.3, -0.25) is 4.79 Å². The van der Waals surface area contributed by atoms with Crippen LogP contribution >= 0.6 is 0 Å². The molecule has 0 aromatic heterocycles. The van der Waals surface area contributed by atoms with Gasteiger partial charge in [-0.05, 0) is 77.0 Å². The van der Waals surface area contributed by atoms with E-state index in [0.717, 1.165) is 51.4 Å². The molecule has 1 amide bonds. The third kappa shape index (κ3) is 51.7. The van der Waals surface area contributed by atoms with Gasteiger partial charge in [-0.15, -0.1) is 0 Å². The Kier molecular flexibility index (Phi) is 55.0. The summed E-state index contributed by atoms with van der Waals surface area (Å²) in [4.78, 5) is 12.5. The molecule has 0 fully saturated rings. The molecule has 0 aliphatic carbocycles. The molecule has 0 rings (SSSR count). The van der Waals surface area contributed by atoms with Crippen molar-refractivity contribution in [1.82, 2.24) is 5.32 Å². The van der Waals surface area contributed by atoms with Crippen LogP contribution in [0.1, 0.15) is 303 Å². The molecule has 0 aliphatic rings. The first kappa shape index (κ1) is 65.0. The van der Waals surface area contributed by atoms with Crippen LogP contribution in [0.25, 0.3) is 0 Å². The monoisotopic (exact) mass is 938 g/mol. The summed E-state index contributed by atoms with van der Waals surface area (Å²) in [6.07, 6.45) is 77.5. The highest BCUT2D eigenvalue weighted by Gasteiger charge is 2.22. The van der Waals surface area contributed by atoms with Crippen LogP contribution in [0.2, 0.25) is 0 Å². The summed E-state index contributed by atoms with van der Waals surface area (Å²) in [5, 5.41) is 33.3. The standard InChI is InChI=1S/C62H115NO4/c1-3-5-7-9-11-13-15-17-19-21-22-23-24-25-26-27-28-29-30-31-32-33-34-35-36-37-38-39-41-43-45-47-49-51-53-55-57-61(66)62(67)63-59(58-64)60(65)56-54-52-50-48-46-44-42-40-20-18-16-14-12-10-8-6-4-2/h20,26-27,29-30,40,46,48,54,56,59-61,64-66H,3-19,21-25,28,31-39,41-45,47,49-53,55,57-58H2,1-2H3,(H,63,67)/b27-26-,30-29-,40-20+,48-46+,56-54+. The molecule has 0 aliphatic heterocycles. The van der Waals surface area contributed by atoms with E-state index in [4.69, 9.17) is 0 Å². The van der Waals surface area contributed by atoms with E-state index in [1.165, 1.54) is 231 Å². The van der Waals surface area contributed by atoms with Crippen molar-refractivity contribution < 1.29 is 20.1 Å². The van der Waals surface area contributed by atoms with E-state index in [1.807, 2.05) is 6.08 Å². The second kappa shape index (κ2) is 56.6. The van der Waals surface area contributed by atoms with Gasteiger partial charge in [0.05, 0.1) is 18.8 Å². The molecule has 0 saturated carbocycles. The molecular formula is C62H115NO4. The lowest BCUT2D eigenvalue weighted by Gasteiger charge is -2.21. The van der Waals surface area contributed by atoms with Crippen LogP contribution in [0.3, 0.4) is 0 Å². The van der Waals surface area contributed by atoms with Crippen LogP contribution in [0, 0.1) is 0 Å². The third-order valence-electron chi connectivity index (χ3n) is 13.6. The lowest BCUT2D eigenvalue weighted by atomic mass is 10.0. The average molecular weight is 939 g/mol. The van der Waals surface area contributed by atoms with Gasteiger partial charge in [-0.25, -0.2) is 0 Å². The minimum Gasteiger partial charge on any atom is -0.394 e. The maximum Gasteiger partial charge on any atom is 0.249 e. The Hall–Kier alpha value is -1.95. The number of hydrogen-bond acceptors (Lipinski definition) is 4. The Labute approximate surface area is 418 Å². The molecule has 5 nitrogen and oxygen atoms in total. The van der Waals surface area contributed by atoms with Gasteiger partial charge < -0.3 is 20.6 Å². The second-order valence-corrected chi connectivity index (χ2v) is 20.2. The molecule has 0 spiro atoms. The number of unbranched alkanes of at least 4 members (excludes halogenated alkanes) is 38. The van der Waals surface area contributed by atoms with Crippen LogP contribution in [0.5, 0.6) is 0 Å². The predicted molar refractivity (Wildman–Crippen MR) is 296 cm³/mol. The maximum absolute atomic E-state index is 12.5. The van der Waals surface area contributed by atoms with E-state index in [0.29, 0.717) is 6.42 Å². The van der Waals surface area contributed by atoms with E-state index < -0.39 is 24.2 Å². The fourth-order valence-electron chi connectivity index (χ4n) is 8.96. The highest BCUT2D eigenvalue weighted by molar-refractivity contribution is 5.80. The molecule has 3 atom stereocenters. The number of allylic oxidation sites excluding steroid dienone is 9. The molecule has 0 heterocycles. The topological polar surface area (TPSA) is 89.8 Å². The van der Waals surface area contributed by atoms with Crippen LogP contribution in [-0.2, 0) is 4.79 Å². The Morgan fingerprint density at radius 3 is 1.00 bits per heavy atom. The fraction of sp³-hybridized carbons (Fsp3) is 0.823. The first-order valence-electron chi connectivity index (χ1n) is 29.6. The lowest BCUT2D eigenvalue weighted by Crippen LogP contribution is -2.48. The first-order valence-corrected chi connectivity index (χ1v) is 29.6. The van der Waals surface area contributed by atoms with Crippen molar-refractivity contribution in [3.05, 3.63) is 60.8 Å². The van der Waals surface area contributed by atoms with E-state index in [-0.39, 0.29) is 6.61 Å². The number of aliphatic hydroxyl groups excluding tert-OH is 3. The third-order valence-corrected chi connectivity index (χ3v) is 13.6. The van der Waals surface area contributed by atoms with E-state index in [9.17, 15) is 20.1 Å². The molecule has 392 valence electrons. The number of rotatable bonds is 54. The maximum atomic E-state index is 12.5. The molecule has 4 N–H and O–H groups in total. The molecule has 67 heavy (non-hydrogen) atoms. The van der Waals surface area contributed by atoms with Gasteiger partial charge in [0, 0.05) is 0 Å². The smallest absolute Gasteiger partial charge is 0.249 e. The summed E-state index contributed by atoms with van der Waals surface area (Å²) in [6, 6.07) is -0.823. The minimum absolute atomic E-state index is 0.382. The molecule has 5 heteroatoms. The predicted octanol–water partition coefficient (Wildman–Crippen LogP) is 18.6. The summed E-state index contributed by atoms with van der Waals surface area (Å²) in [6.45, 7) is 4.18. The van der Waals surface area contributed by atoms with Crippen LogP contribution in [-0.4, -0.2) is 46.1 Å². The van der Waals surface area contributed by atoms with Gasteiger partial charge in [-0.2, -0.15) is 0 Å². The molecule has 0 radical (unpaired) electrons. The van der Waals surface area contributed by atoms with Gasteiger partial charge in [0.25, 0.3) is 0 Å². The quantitative estimate of drug-likeness (QED) is 0.0361. The SMILES string of the molecule is CCCCCCCCC/C=C/CC/C=C/CC/C=C/C(O)C(CO)NC(=O)C(O)CCCCCCCCCCCCCCCCCC/C=C\C/C=C\CCCCCCCCCCCCCCC. The molecule has 0 bridgehead atoms. The molecule has 0 saturated heterocycles. The van der Waals surface area contributed by atoms with E-state index >= 15 is 0 Å². The summed E-state index contributed by atoms with van der Waals surface area (Å²) in [5.41, 5.74) is 0. The first-order chi connectivity index (χ1) is 33.1. The van der Waals surface area contributed by atoms with Crippen molar-refractivity contribution in [2.45, 2.75) is 321 Å². The van der Waals surface area contributed by atoms with Crippen molar-refractivity contribution in [2.75, 3.05) is 6.61 Å². The van der Waals surface area contributed by atoms with Gasteiger partial charge in [0.1, 0.15) is 6.10 Å². The number of hydrogen-bond donors (Lipinski definition) is 4. The summed E-state index contributed by atoms with van der Waals surface area (Å²) < 4.78 is 0. The van der Waals surface area contributed by atoms with Crippen molar-refractivity contribution in [1.29, 1.82) is 0 Å². The van der Waals surface area contributed by atoms with Gasteiger partial charge in [0.2, 0.25) is 5.91 Å². The molecular weight excluding hydrogens is 823 g/mol. The normalized spacial score (nSPS) is 13.7. The Morgan fingerprint density at radius 1 is 0.373 bits per heavy atom. The summed E-state index contributed by atoms with van der Waals surface area (Å²) in [5.74, 6) is -0.516. The molecule has 0 aromatic carbocycles. The second-order valence-electron chi connectivity index (χ2n) is 20.2. The van der Waals surface area contributed by atoms with Gasteiger partial charge in [-0.1, -0.05) is 286 Å². The van der Waals surface area contributed by atoms with Crippen molar-refractivity contribution >= 4 is 5.91 Å². The van der Waals surface area contributed by atoms with E-state index in [1.54, 1.807) is 6.08 Å². The van der Waals surface area contributed by atoms with Crippen LogP contribution in [0.15, 0.2) is 60.8 Å². The zero-order valence-corrected chi connectivity index (χ0v) is 44.8. The fourth-order valence-corrected chi connectivity index (χ4v) is 8.96. The zero-order chi connectivity index (χ0) is 48.6. The molecule has 3 unspecified atom stereocenters. The van der Waals surface area contributed by atoms with Gasteiger partial charge in [0.15, 0.2) is 0 Å². The van der Waals surface area contributed by atoms with Crippen LogP contribution < -0.4 is 5.32 Å². The van der Waals surface area contributed by atoms with Gasteiger partial charge >= 0.3 is 0 Å². The highest BCUT2D eigenvalue weighted by atomic mass is 16.3. The highest BCUT2D eigenvalue weighted by Crippen LogP contribution is 2.17. The van der Waals surface area contributed by atoms with Crippen molar-refractivity contribution in [3.63, 3.8) is 0 Å².